The Morgan fingerprint density at radius 1 is 1.08 bits per heavy atom. The molecule has 1 aliphatic heterocycles. The second kappa shape index (κ2) is 13.8. The molecule has 10 nitrogen and oxygen atoms in total. The molecule has 0 aliphatic carbocycles. The third-order valence-electron chi connectivity index (χ3n) is 5.93. The number of nitrogens with one attached hydrogen (secondary N) is 2. The van der Waals surface area contributed by atoms with Crippen LogP contribution in [0.15, 0.2) is 54.2 Å². The lowest BCUT2D eigenvalue weighted by Crippen LogP contribution is -2.58. The van der Waals surface area contributed by atoms with E-state index < -0.39 is 29.7 Å². The Morgan fingerprint density at radius 2 is 1.82 bits per heavy atom. The fourth-order valence-electron chi connectivity index (χ4n) is 4.09. The number of rotatable bonds is 11. The van der Waals surface area contributed by atoms with E-state index in [0.29, 0.717) is 23.5 Å². The van der Waals surface area contributed by atoms with Gasteiger partial charge in [0, 0.05) is 20.0 Å². The average molecular weight is 524 g/mol. The molecule has 1 unspecified atom stereocenters. The molecule has 2 aromatic rings. The SMILES string of the molecule is COc1ccc(C=C(NC(C)=O)C(=O)N2CCNC(=O)C2CC(=O)OCCCc2ccccc2)cc1OC. The molecule has 0 radical (unpaired) electrons. The van der Waals surface area contributed by atoms with Gasteiger partial charge in [0.2, 0.25) is 11.8 Å². The zero-order valence-corrected chi connectivity index (χ0v) is 21.8. The van der Waals surface area contributed by atoms with E-state index in [1.807, 2.05) is 30.3 Å². The molecule has 0 bridgehead atoms. The number of piperazine rings is 1. The molecule has 1 saturated heterocycles. The maximum Gasteiger partial charge on any atom is 0.308 e. The number of esters is 1. The molecule has 202 valence electrons. The van der Waals surface area contributed by atoms with Crippen molar-refractivity contribution in [3.8, 4) is 11.5 Å². The van der Waals surface area contributed by atoms with Crippen LogP contribution in [-0.2, 0) is 30.3 Å². The number of amides is 3. The summed E-state index contributed by atoms with van der Waals surface area (Å²) in [6, 6.07) is 13.8. The van der Waals surface area contributed by atoms with E-state index in [4.69, 9.17) is 14.2 Å². The van der Waals surface area contributed by atoms with Gasteiger partial charge in [0.05, 0.1) is 27.2 Å². The largest absolute Gasteiger partial charge is 0.493 e. The van der Waals surface area contributed by atoms with Gasteiger partial charge in [0.25, 0.3) is 5.91 Å². The number of ether oxygens (including phenoxy) is 3. The first-order valence-electron chi connectivity index (χ1n) is 12.3. The molecule has 3 amide bonds. The Balaban J connectivity index is 1.72. The Labute approximate surface area is 221 Å². The van der Waals surface area contributed by atoms with Gasteiger partial charge in [-0.2, -0.15) is 0 Å². The normalized spacial score (nSPS) is 15.3. The summed E-state index contributed by atoms with van der Waals surface area (Å²) >= 11 is 0. The molecule has 1 heterocycles. The van der Waals surface area contributed by atoms with Gasteiger partial charge in [-0.3, -0.25) is 19.2 Å². The minimum atomic E-state index is -1.07. The van der Waals surface area contributed by atoms with Crippen molar-refractivity contribution in [1.29, 1.82) is 0 Å². The van der Waals surface area contributed by atoms with Gasteiger partial charge in [0.15, 0.2) is 11.5 Å². The van der Waals surface area contributed by atoms with Crippen molar-refractivity contribution in [3.05, 3.63) is 65.4 Å². The smallest absolute Gasteiger partial charge is 0.308 e. The lowest BCUT2D eigenvalue weighted by Gasteiger charge is -2.35. The molecule has 1 aliphatic rings. The van der Waals surface area contributed by atoms with Crippen LogP contribution >= 0.6 is 0 Å². The van der Waals surface area contributed by atoms with Gasteiger partial charge < -0.3 is 29.7 Å². The van der Waals surface area contributed by atoms with Gasteiger partial charge >= 0.3 is 5.97 Å². The van der Waals surface area contributed by atoms with Crippen LogP contribution in [0.2, 0.25) is 0 Å². The van der Waals surface area contributed by atoms with Gasteiger partial charge in [-0.05, 0) is 42.2 Å². The first kappa shape index (κ1) is 28.2. The van der Waals surface area contributed by atoms with Crippen LogP contribution in [0.3, 0.4) is 0 Å². The Hall–Kier alpha value is -4.34. The van der Waals surface area contributed by atoms with E-state index in [0.717, 1.165) is 12.0 Å². The summed E-state index contributed by atoms with van der Waals surface area (Å²) in [5.74, 6) is -1.14. The second-order valence-corrected chi connectivity index (χ2v) is 8.67. The highest BCUT2D eigenvalue weighted by molar-refractivity contribution is 6.03. The predicted octanol–water partition coefficient (Wildman–Crippen LogP) is 2.07. The molecule has 10 heteroatoms. The third-order valence-corrected chi connectivity index (χ3v) is 5.93. The van der Waals surface area contributed by atoms with E-state index in [-0.39, 0.29) is 31.8 Å². The second-order valence-electron chi connectivity index (χ2n) is 8.67. The highest BCUT2D eigenvalue weighted by Gasteiger charge is 2.36. The number of benzene rings is 2. The van der Waals surface area contributed by atoms with E-state index in [9.17, 15) is 19.2 Å². The molecule has 0 saturated carbocycles. The van der Waals surface area contributed by atoms with E-state index >= 15 is 0 Å². The van der Waals surface area contributed by atoms with Gasteiger partial charge in [-0.1, -0.05) is 36.4 Å². The zero-order valence-electron chi connectivity index (χ0n) is 21.8. The van der Waals surface area contributed by atoms with E-state index in [2.05, 4.69) is 10.6 Å². The van der Waals surface area contributed by atoms with Crippen LogP contribution in [0.25, 0.3) is 6.08 Å². The van der Waals surface area contributed by atoms with Crippen molar-refractivity contribution < 1.29 is 33.4 Å². The van der Waals surface area contributed by atoms with Crippen molar-refractivity contribution in [2.24, 2.45) is 0 Å². The Kier molecular flexibility index (Phi) is 10.3. The molecule has 2 N–H and O–H groups in total. The molecular weight excluding hydrogens is 490 g/mol. The molecule has 0 aromatic heterocycles. The minimum absolute atomic E-state index is 0.0411. The first-order chi connectivity index (χ1) is 18.3. The van der Waals surface area contributed by atoms with Crippen LogP contribution in [0.5, 0.6) is 11.5 Å². The monoisotopic (exact) mass is 523 g/mol. The van der Waals surface area contributed by atoms with Crippen molar-refractivity contribution in [1.82, 2.24) is 15.5 Å². The predicted molar refractivity (Wildman–Crippen MR) is 140 cm³/mol. The zero-order chi connectivity index (χ0) is 27.5. The summed E-state index contributed by atoms with van der Waals surface area (Å²) in [6.07, 6.45) is 2.57. The number of carbonyl (C=O) groups excluding carboxylic acids is 4. The lowest BCUT2D eigenvalue weighted by molar-refractivity contribution is -0.151. The van der Waals surface area contributed by atoms with E-state index in [1.165, 1.54) is 32.1 Å². The minimum Gasteiger partial charge on any atom is -0.493 e. The molecule has 0 spiro atoms. The summed E-state index contributed by atoms with van der Waals surface area (Å²) in [5.41, 5.74) is 1.66. The van der Waals surface area contributed by atoms with E-state index in [1.54, 1.807) is 18.2 Å². The number of hydrogen-bond acceptors (Lipinski definition) is 7. The van der Waals surface area contributed by atoms with Crippen LogP contribution in [0, 0.1) is 0 Å². The van der Waals surface area contributed by atoms with Gasteiger partial charge in [0.1, 0.15) is 11.7 Å². The van der Waals surface area contributed by atoms with Gasteiger partial charge in [-0.25, -0.2) is 0 Å². The quantitative estimate of drug-likeness (QED) is 0.263. The highest BCUT2D eigenvalue weighted by atomic mass is 16.5. The Morgan fingerprint density at radius 3 is 2.50 bits per heavy atom. The summed E-state index contributed by atoms with van der Waals surface area (Å²) in [5, 5.41) is 5.24. The maximum absolute atomic E-state index is 13.5. The summed E-state index contributed by atoms with van der Waals surface area (Å²) in [7, 11) is 3.00. The average Bonchev–Trinajstić information content (AvgIpc) is 2.91. The molecule has 3 rings (SSSR count). The summed E-state index contributed by atoms with van der Waals surface area (Å²) in [4.78, 5) is 51.9. The van der Waals surface area contributed by atoms with Crippen LogP contribution in [0.4, 0.5) is 0 Å². The Bertz CT molecular complexity index is 1180. The summed E-state index contributed by atoms with van der Waals surface area (Å²) in [6.45, 7) is 1.87. The first-order valence-corrected chi connectivity index (χ1v) is 12.3. The van der Waals surface area contributed by atoms with Crippen molar-refractivity contribution in [3.63, 3.8) is 0 Å². The van der Waals surface area contributed by atoms with Crippen LogP contribution in [0.1, 0.15) is 30.9 Å². The van der Waals surface area contributed by atoms with Crippen molar-refractivity contribution in [2.45, 2.75) is 32.2 Å². The fourth-order valence-corrected chi connectivity index (χ4v) is 4.09. The third kappa shape index (κ3) is 7.83. The van der Waals surface area contributed by atoms with Gasteiger partial charge in [-0.15, -0.1) is 0 Å². The highest BCUT2D eigenvalue weighted by Crippen LogP contribution is 2.28. The topological polar surface area (TPSA) is 123 Å². The van der Waals surface area contributed by atoms with Crippen LogP contribution < -0.4 is 20.1 Å². The molecule has 1 fully saturated rings. The number of nitrogens with zero attached hydrogens (tertiary/aromatic N) is 1. The lowest BCUT2D eigenvalue weighted by atomic mass is 10.1. The number of hydrogen-bond donors (Lipinski definition) is 2. The number of carbonyl (C=O) groups is 4. The molecule has 1 atom stereocenters. The molecular formula is C28H33N3O7. The van der Waals surface area contributed by atoms with Crippen molar-refractivity contribution in [2.75, 3.05) is 33.9 Å². The fraction of sp³-hybridized carbons (Fsp3) is 0.357. The maximum atomic E-state index is 13.5. The summed E-state index contributed by atoms with van der Waals surface area (Å²) < 4.78 is 15.9. The van der Waals surface area contributed by atoms with Crippen molar-refractivity contribution >= 4 is 29.8 Å². The number of methoxy groups -OCH3 is 2. The van der Waals surface area contributed by atoms with Crippen LogP contribution in [-0.4, -0.2) is 68.5 Å². The number of aryl methyl sites for hydroxylation is 1. The standard InChI is InChI=1S/C28H33N3O7/c1-19(32)30-22(16-21-11-12-24(36-2)25(17-21)37-3)28(35)31-14-13-29-27(34)23(31)18-26(33)38-15-7-10-20-8-5-4-6-9-20/h4-6,8-9,11-12,16-17,23H,7,10,13-15,18H2,1-3H3,(H,29,34)(H,30,32). The molecule has 38 heavy (non-hydrogen) atoms. The molecule has 2 aromatic carbocycles.